The average Bonchev–Trinajstić information content (AvgIpc) is 2.74. The van der Waals surface area contributed by atoms with E-state index in [4.69, 9.17) is 26.1 Å². The van der Waals surface area contributed by atoms with Crippen molar-refractivity contribution in [3.8, 4) is 5.75 Å². The second-order valence-corrected chi connectivity index (χ2v) is 7.77. The maximum atomic E-state index is 6.13. The fourth-order valence-electron chi connectivity index (χ4n) is 3.79. The fraction of sp³-hybridized carbons (Fsp3) is 0.348. The van der Waals surface area contributed by atoms with E-state index in [-0.39, 0.29) is 6.04 Å². The van der Waals surface area contributed by atoms with Crippen LogP contribution < -0.4 is 10.1 Å². The summed E-state index contributed by atoms with van der Waals surface area (Å²) in [6.45, 7) is 6.34. The van der Waals surface area contributed by atoms with E-state index < -0.39 is 0 Å². The van der Waals surface area contributed by atoms with Crippen LogP contribution in [-0.4, -0.2) is 49.8 Å². The van der Waals surface area contributed by atoms with Gasteiger partial charge < -0.3 is 14.8 Å². The Morgan fingerprint density at radius 2 is 1.93 bits per heavy atom. The molecule has 2 aromatic carbocycles. The molecule has 1 saturated heterocycles. The predicted octanol–water partition coefficient (Wildman–Crippen LogP) is 4.69. The molecular formula is C23H26ClN3O2. The molecule has 1 aliphatic rings. The molecule has 29 heavy (non-hydrogen) atoms. The molecule has 1 aliphatic heterocycles. The summed E-state index contributed by atoms with van der Waals surface area (Å²) in [5.74, 6) is 0.783. The number of para-hydroxylation sites is 1. The molecule has 1 aromatic heterocycles. The number of rotatable bonds is 6. The second kappa shape index (κ2) is 8.99. The van der Waals surface area contributed by atoms with Crippen molar-refractivity contribution in [1.82, 2.24) is 9.88 Å². The van der Waals surface area contributed by atoms with Gasteiger partial charge in [0, 0.05) is 41.4 Å². The van der Waals surface area contributed by atoms with E-state index in [1.165, 1.54) is 5.56 Å². The lowest BCUT2D eigenvalue weighted by Crippen LogP contribution is -2.40. The quantitative estimate of drug-likeness (QED) is 0.637. The zero-order valence-electron chi connectivity index (χ0n) is 16.8. The summed E-state index contributed by atoms with van der Waals surface area (Å²) in [6, 6.07) is 16.3. The van der Waals surface area contributed by atoms with E-state index in [2.05, 4.69) is 34.5 Å². The highest BCUT2D eigenvalue weighted by molar-refractivity contribution is 6.30. The summed E-state index contributed by atoms with van der Waals surface area (Å²) < 4.78 is 11.1. The minimum atomic E-state index is 0.113. The highest BCUT2D eigenvalue weighted by atomic mass is 35.5. The minimum Gasteiger partial charge on any atom is -0.494 e. The second-order valence-electron chi connectivity index (χ2n) is 7.33. The zero-order valence-corrected chi connectivity index (χ0v) is 17.6. The summed E-state index contributed by atoms with van der Waals surface area (Å²) in [6.07, 6.45) is 0. The van der Waals surface area contributed by atoms with Crippen LogP contribution in [0.1, 0.15) is 17.3 Å². The van der Waals surface area contributed by atoms with Gasteiger partial charge in [-0.05, 0) is 36.8 Å². The largest absolute Gasteiger partial charge is 0.494 e. The van der Waals surface area contributed by atoms with Crippen molar-refractivity contribution in [1.29, 1.82) is 0 Å². The summed E-state index contributed by atoms with van der Waals surface area (Å²) in [7, 11) is 1.68. The van der Waals surface area contributed by atoms with Crippen molar-refractivity contribution in [2.45, 2.75) is 13.0 Å². The molecule has 1 fully saturated rings. The lowest BCUT2D eigenvalue weighted by molar-refractivity contribution is 0.0361. The van der Waals surface area contributed by atoms with E-state index in [1.54, 1.807) is 7.11 Å². The number of benzene rings is 2. The first-order chi connectivity index (χ1) is 14.1. The molecule has 1 N–H and O–H groups in total. The van der Waals surface area contributed by atoms with Crippen LogP contribution in [0.3, 0.4) is 0 Å². The van der Waals surface area contributed by atoms with Crippen molar-refractivity contribution in [2.24, 2.45) is 0 Å². The molecule has 152 valence electrons. The van der Waals surface area contributed by atoms with Crippen LogP contribution in [0.25, 0.3) is 10.9 Å². The van der Waals surface area contributed by atoms with Gasteiger partial charge in [0.2, 0.25) is 0 Å². The van der Waals surface area contributed by atoms with Crippen molar-refractivity contribution in [3.05, 3.63) is 64.8 Å². The number of hydrogen-bond acceptors (Lipinski definition) is 5. The Bertz CT molecular complexity index is 972. The van der Waals surface area contributed by atoms with E-state index in [9.17, 15) is 0 Å². The standard InChI is InChI=1S/C23H26ClN3O2/c1-16-14-20(19-4-3-5-22(28-2)23(19)25-16)26-21(15-27-10-12-29-13-11-27)17-6-8-18(24)9-7-17/h3-9,14,21H,10-13,15H2,1-2H3,(H,25,26). The van der Waals surface area contributed by atoms with Gasteiger partial charge in [0.05, 0.1) is 26.4 Å². The Kier molecular flexibility index (Phi) is 6.19. The van der Waals surface area contributed by atoms with Crippen LogP contribution in [0.4, 0.5) is 5.69 Å². The van der Waals surface area contributed by atoms with Crippen LogP contribution in [0.2, 0.25) is 5.02 Å². The predicted molar refractivity (Wildman–Crippen MR) is 118 cm³/mol. The number of methoxy groups -OCH3 is 1. The van der Waals surface area contributed by atoms with Gasteiger partial charge in [0.15, 0.2) is 0 Å². The third-order valence-corrected chi connectivity index (χ3v) is 5.55. The van der Waals surface area contributed by atoms with Gasteiger partial charge in [-0.1, -0.05) is 35.9 Å². The number of aromatic nitrogens is 1. The van der Waals surface area contributed by atoms with Crippen LogP contribution in [-0.2, 0) is 4.74 Å². The van der Waals surface area contributed by atoms with E-state index in [1.807, 2.05) is 31.2 Å². The molecule has 1 atom stereocenters. The number of ether oxygens (including phenoxy) is 2. The number of aryl methyl sites for hydroxylation is 1. The van der Waals surface area contributed by atoms with Gasteiger partial charge in [-0.25, -0.2) is 4.98 Å². The third kappa shape index (κ3) is 4.64. The Balaban J connectivity index is 1.70. The molecule has 0 spiro atoms. The smallest absolute Gasteiger partial charge is 0.145 e. The molecule has 0 saturated carbocycles. The summed E-state index contributed by atoms with van der Waals surface area (Å²) >= 11 is 6.13. The van der Waals surface area contributed by atoms with Crippen LogP contribution in [0.15, 0.2) is 48.5 Å². The monoisotopic (exact) mass is 411 g/mol. The molecule has 4 rings (SSSR count). The van der Waals surface area contributed by atoms with Gasteiger partial charge in [-0.3, -0.25) is 4.90 Å². The summed E-state index contributed by atoms with van der Waals surface area (Å²) in [5.41, 5.74) is 4.08. The summed E-state index contributed by atoms with van der Waals surface area (Å²) in [5, 5.41) is 5.57. The maximum Gasteiger partial charge on any atom is 0.145 e. The first-order valence-electron chi connectivity index (χ1n) is 9.90. The Morgan fingerprint density at radius 1 is 1.17 bits per heavy atom. The van der Waals surface area contributed by atoms with Crippen LogP contribution in [0.5, 0.6) is 5.75 Å². The Morgan fingerprint density at radius 3 is 2.66 bits per heavy atom. The average molecular weight is 412 g/mol. The van der Waals surface area contributed by atoms with E-state index in [0.29, 0.717) is 0 Å². The number of anilines is 1. The number of nitrogens with zero attached hydrogens (tertiary/aromatic N) is 2. The first kappa shape index (κ1) is 20.0. The number of pyridine rings is 1. The van der Waals surface area contributed by atoms with Gasteiger partial charge in [0.1, 0.15) is 11.3 Å². The topological polar surface area (TPSA) is 46.6 Å². The lowest BCUT2D eigenvalue weighted by Gasteiger charge is -2.32. The molecule has 3 aromatic rings. The zero-order chi connectivity index (χ0) is 20.2. The molecule has 0 radical (unpaired) electrons. The molecule has 2 heterocycles. The maximum absolute atomic E-state index is 6.13. The van der Waals surface area contributed by atoms with Crippen molar-refractivity contribution in [3.63, 3.8) is 0 Å². The van der Waals surface area contributed by atoms with E-state index in [0.717, 1.165) is 65.9 Å². The normalized spacial score (nSPS) is 16.0. The Labute approximate surface area is 176 Å². The van der Waals surface area contributed by atoms with Gasteiger partial charge >= 0.3 is 0 Å². The number of hydrogen-bond donors (Lipinski definition) is 1. The van der Waals surface area contributed by atoms with Crippen molar-refractivity contribution < 1.29 is 9.47 Å². The van der Waals surface area contributed by atoms with Crippen molar-refractivity contribution in [2.75, 3.05) is 45.3 Å². The molecular weight excluding hydrogens is 386 g/mol. The SMILES string of the molecule is COc1cccc2c(NC(CN3CCOCC3)c3ccc(Cl)cc3)cc(C)nc12. The minimum absolute atomic E-state index is 0.113. The summed E-state index contributed by atoms with van der Waals surface area (Å²) in [4.78, 5) is 7.14. The first-order valence-corrected chi connectivity index (χ1v) is 10.3. The fourth-order valence-corrected chi connectivity index (χ4v) is 3.92. The van der Waals surface area contributed by atoms with Gasteiger partial charge in [0.25, 0.3) is 0 Å². The van der Waals surface area contributed by atoms with Crippen LogP contribution in [0, 0.1) is 6.92 Å². The van der Waals surface area contributed by atoms with Gasteiger partial charge in [-0.2, -0.15) is 0 Å². The number of halogens is 1. The molecule has 5 nitrogen and oxygen atoms in total. The van der Waals surface area contributed by atoms with Crippen molar-refractivity contribution >= 4 is 28.2 Å². The van der Waals surface area contributed by atoms with Crippen LogP contribution >= 0.6 is 11.6 Å². The Hall–Kier alpha value is -2.34. The third-order valence-electron chi connectivity index (χ3n) is 5.30. The molecule has 0 aliphatic carbocycles. The van der Waals surface area contributed by atoms with Gasteiger partial charge in [-0.15, -0.1) is 0 Å². The molecule has 6 heteroatoms. The molecule has 1 unspecified atom stereocenters. The number of fused-ring (bicyclic) bond motifs is 1. The molecule has 0 amide bonds. The molecule has 0 bridgehead atoms. The highest BCUT2D eigenvalue weighted by Gasteiger charge is 2.20. The lowest BCUT2D eigenvalue weighted by atomic mass is 10.0. The number of nitrogens with one attached hydrogen (secondary N) is 1. The highest BCUT2D eigenvalue weighted by Crippen LogP contribution is 2.32. The van der Waals surface area contributed by atoms with E-state index >= 15 is 0 Å². The number of morpholine rings is 1.